The van der Waals surface area contributed by atoms with Crippen molar-refractivity contribution in [3.8, 4) is 28.0 Å². The van der Waals surface area contributed by atoms with Crippen molar-refractivity contribution in [2.75, 3.05) is 0 Å². The lowest BCUT2D eigenvalue weighted by Crippen LogP contribution is -2.17. The van der Waals surface area contributed by atoms with Gasteiger partial charge in [0.2, 0.25) is 0 Å². The summed E-state index contributed by atoms with van der Waals surface area (Å²) < 4.78 is 50.8. The minimum absolute atomic E-state index is 0.188. The van der Waals surface area contributed by atoms with Crippen LogP contribution in [0.15, 0.2) is 72.8 Å². The van der Waals surface area contributed by atoms with Crippen LogP contribution in [0.3, 0.4) is 0 Å². The van der Waals surface area contributed by atoms with Crippen molar-refractivity contribution in [2.24, 2.45) is 0 Å². The van der Waals surface area contributed by atoms with E-state index in [9.17, 15) is 4.39 Å². The second kappa shape index (κ2) is 9.61. The first-order chi connectivity index (χ1) is 16.9. The van der Waals surface area contributed by atoms with E-state index in [4.69, 9.17) is 4.74 Å². The van der Waals surface area contributed by atoms with E-state index in [0.29, 0.717) is 18.4 Å². The van der Waals surface area contributed by atoms with Crippen LogP contribution in [0.2, 0.25) is 0 Å². The number of halogens is 3. The second-order valence-corrected chi connectivity index (χ2v) is 9.26. The van der Waals surface area contributed by atoms with Gasteiger partial charge in [-0.3, -0.25) is 0 Å². The van der Waals surface area contributed by atoms with Gasteiger partial charge < -0.3 is 4.74 Å². The lowest BCUT2D eigenvalue weighted by molar-refractivity contribution is 0.167. The number of hydrogen-bond donors (Lipinski definition) is 0. The van der Waals surface area contributed by atoms with Gasteiger partial charge in [-0.15, -0.1) is 0 Å². The molecule has 4 aromatic carbocycles. The van der Waals surface area contributed by atoms with Crippen molar-refractivity contribution in [3.05, 3.63) is 113 Å². The lowest BCUT2D eigenvalue weighted by atomic mass is 9.93. The highest BCUT2D eigenvalue weighted by molar-refractivity contribution is 5.71. The fraction of sp³-hybridized carbons (Fsp3) is 0.226. The zero-order valence-electron chi connectivity index (χ0n) is 19.9. The predicted molar refractivity (Wildman–Crippen MR) is 134 cm³/mol. The number of hydrogen-bond acceptors (Lipinski definition) is 1. The molecule has 0 N–H and O–H groups in total. The zero-order valence-corrected chi connectivity index (χ0v) is 19.9. The van der Waals surface area contributed by atoms with Gasteiger partial charge in [0.05, 0.1) is 0 Å². The van der Waals surface area contributed by atoms with Gasteiger partial charge in [0, 0.05) is 11.1 Å². The second-order valence-electron chi connectivity index (χ2n) is 9.26. The van der Waals surface area contributed by atoms with Crippen LogP contribution < -0.4 is 4.74 Å². The molecule has 35 heavy (non-hydrogen) atoms. The third-order valence-corrected chi connectivity index (χ3v) is 6.66. The molecule has 1 nitrogen and oxygen atoms in total. The third kappa shape index (κ3) is 4.70. The van der Waals surface area contributed by atoms with Gasteiger partial charge in [-0.25, -0.2) is 13.2 Å². The summed E-state index contributed by atoms with van der Waals surface area (Å²) in [4.78, 5) is 0. The molecule has 0 saturated heterocycles. The van der Waals surface area contributed by atoms with Crippen LogP contribution in [0.25, 0.3) is 22.3 Å². The molecule has 0 bridgehead atoms. The molecule has 5 rings (SSSR count). The van der Waals surface area contributed by atoms with Crippen LogP contribution in [0.5, 0.6) is 5.75 Å². The van der Waals surface area contributed by atoms with Crippen LogP contribution >= 0.6 is 0 Å². The first-order valence-electron chi connectivity index (χ1n) is 12.1. The van der Waals surface area contributed by atoms with E-state index in [1.54, 1.807) is 24.3 Å². The van der Waals surface area contributed by atoms with Gasteiger partial charge in [0.1, 0.15) is 17.7 Å². The Labute approximate surface area is 204 Å². The highest BCUT2D eigenvalue weighted by atomic mass is 19.1. The molecule has 0 aromatic heterocycles. The Morgan fingerprint density at radius 1 is 0.771 bits per heavy atom. The van der Waals surface area contributed by atoms with Crippen molar-refractivity contribution in [3.63, 3.8) is 0 Å². The van der Waals surface area contributed by atoms with Crippen LogP contribution in [0.1, 0.15) is 48.1 Å². The molecule has 1 heterocycles. The molecule has 1 unspecified atom stereocenters. The molecule has 4 heteroatoms. The first kappa shape index (κ1) is 23.2. The van der Waals surface area contributed by atoms with E-state index in [2.05, 4.69) is 6.92 Å². The van der Waals surface area contributed by atoms with E-state index in [1.807, 2.05) is 37.3 Å². The fourth-order valence-corrected chi connectivity index (χ4v) is 4.80. The van der Waals surface area contributed by atoms with E-state index in [1.165, 1.54) is 18.2 Å². The minimum Gasteiger partial charge on any atom is -0.482 e. The maximum atomic E-state index is 15.2. The smallest absolute Gasteiger partial charge is 0.165 e. The largest absolute Gasteiger partial charge is 0.482 e. The van der Waals surface area contributed by atoms with Crippen molar-refractivity contribution in [1.29, 1.82) is 0 Å². The molecule has 1 aliphatic heterocycles. The summed E-state index contributed by atoms with van der Waals surface area (Å²) in [5.41, 5.74) is 5.60. The summed E-state index contributed by atoms with van der Waals surface area (Å²) in [5.74, 6) is -1.13. The highest BCUT2D eigenvalue weighted by Crippen LogP contribution is 2.39. The van der Waals surface area contributed by atoms with Gasteiger partial charge in [0.15, 0.2) is 11.6 Å². The van der Waals surface area contributed by atoms with Crippen molar-refractivity contribution >= 4 is 0 Å². The summed E-state index contributed by atoms with van der Waals surface area (Å²) >= 11 is 0. The van der Waals surface area contributed by atoms with Gasteiger partial charge >= 0.3 is 0 Å². The van der Waals surface area contributed by atoms with Gasteiger partial charge in [-0.05, 0) is 72.2 Å². The van der Waals surface area contributed by atoms with Crippen molar-refractivity contribution in [2.45, 2.75) is 45.6 Å². The number of benzene rings is 4. The van der Waals surface area contributed by atoms with Gasteiger partial charge in [-0.1, -0.05) is 73.5 Å². The number of ether oxygens (including phenoxy) is 1. The number of aryl methyl sites for hydroxylation is 3. The van der Waals surface area contributed by atoms with Gasteiger partial charge in [-0.2, -0.15) is 0 Å². The van der Waals surface area contributed by atoms with Crippen molar-refractivity contribution < 1.29 is 17.9 Å². The Morgan fingerprint density at radius 2 is 1.46 bits per heavy atom. The quantitative estimate of drug-likeness (QED) is 0.282. The number of fused-ring (bicyclic) bond motifs is 1. The standard InChI is InChI=1S/C31H27F3O/c1-3-4-20-15-24-11-14-30(35-31(24)29(34)16-20)23-10-13-26(28(33)18-23)25-12-9-22(17-27(25)32)21-7-5-19(2)6-8-21/h5-10,12-13,15-18,30H,3-4,11,14H2,1-2H3. The average molecular weight is 473 g/mol. The summed E-state index contributed by atoms with van der Waals surface area (Å²) in [6.45, 7) is 4.06. The van der Waals surface area contributed by atoms with Gasteiger partial charge in [0.25, 0.3) is 0 Å². The summed E-state index contributed by atoms with van der Waals surface area (Å²) in [5, 5.41) is 0. The molecule has 0 radical (unpaired) electrons. The first-order valence-corrected chi connectivity index (χ1v) is 12.1. The molecule has 1 atom stereocenters. The zero-order chi connectivity index (χ0) is 24.5. The molecule has 4 aromatic rings. The maximum absolute atomic E-state index is 15.2. The predicted octanol–water partition coefficient (Wildman–Crippen LogP) is 8.77. The van der Waals surface area contributed by atoms with Crippen LogP contribution in [0, 0.1) is 24.4 Å². The Balaban J connectivity index is 1.39. The summed E-state index contributed by atoms with van der Waals surface area (Å²) in [7, 11) is 0. The molecule has 0 saturated carbocycles. The molecule has 1 aliphatic rings. The minimum atomic E-state index is -0.530. The Kier molecular flexibility index (Phi) is 6.38. The molecular weight excluding hydrogens is 445 g/mol. The molecule has 0 amide bonds. The third-order valence-electron chi connectivity index (χ3n) is 6.66. The summed E-state index contributed by atoms with van der Waals surface area (Å²) in [6.07, 6.45) is 2.60. The molecule has 178 valence electrons. The lowest BCUT2D eigenvalue weighted by Gasteiger charge is -2.27. The fourth-order valence-electron chi connectivity index (χ4n) is 4.80. The van der Waals surface area contributed by atoms with E-state index >= 15 is 8.78 Å². The normalized spacial score (nSPS) is 14.9. The van der Waals surface area contributed by atoms with Crippen LogP contribution in [-0.2, 0) is 12.8 Å². The van der Waals surface area contributed by atoms with Crippen LogP contribution in [0.4, 0.5) is 13.2 Å². The highest BCUT2D eigenvalue weighted by Gasteiger charge is 2.25. The average Bonchev–Trinajstić information content (AvgIpc) is 2.85. The SMILES string of the molecule is CCCc1cc(F)c2c(c1)CCC(c1ccc(-c3ccc(-c4ccc(C)cc4)cc3F)c(F)c1)O2. The van der Waals surface area contributed by atoms with E-state index in [-0.39, 0.29) is 22.7 Å². The molecule has 0 spiro atoms. The van der Waals surface area contributed by atoms with Crippen molar-refractivity contribution in [1.82, 2.24) is 0 Å². The Hall–Kier alpha value is -3.53. The summed E-state index contributed by atoms with van der Waals surface area (Å²) in [6, 6.07) is 20.9. The molecule has 0 aliphatic carbocycles. The van der Waals surface area contributed by atoms with E-state index < -0.39 is 17.7 Å². The monoisotopic (exact) mass is 472 g/mol. The van der Waals surface area contributed by atoms with E-state index in [0.717, 1.165) is 40.7 Å². The Morgan fingerprint density at radius 3 is 2.14 bits per heavy atom. The Bertz CT molecular complexity index is 1380. The topological polar surface area (TPSA) is 9.23 Å². The molecular formula is C31H27F3O. The molecule has 0 fully saturated rings. The van der Waals surface area contributed by atoms with Crippen LogP contribution in [-0.4, -0.2) is 0 Å². The maximum Gasteiger partial charge on any atom is 0.165 e. The number of rotatable bonds is 5.